The molecule has 0 aliphatic carbocycles. The number of aromatic nitrogens is 2. The molecule has 0 unspecified atom stereocenters. The Bertz CT molecular complexity index is 830. The third-order valence-corrected chi connectivity index (χ3v) is 3.11. The lowest BCUT2D eigenvalue weighted by Gasteiger charge is -2.05. The normalized spacial score (nSPS) is 10.0. The van der Waals surface area contributed by atoms with Crippen LogP contribution >= 0.6 is 0 Å². The largest absolute Gasteiger partial charge is 0.346 e. The van der Waals surface area contributed by atoms with Gasteiger partial charge in [0.05, 0.1) is 18.1 Å². The monoisotopic (exact) mass is 321 g/mol. The molecule has 3 aromatic rings. The van der Waals surface area contributed by atoms with E-state index in [0.717, 1.165) is 4.68 Å². The van der Waals surface area contributed by atoms with E-state index in [-0.39, 0.29) is 0 Å². The SMILES string of the molecule is O=C(Nc1ccccc1)Nc1cnn(C(=O)Nc2ccccc2)c1. The van der Waals surface area contributed by atoms with Crippen molar-refractivity contribution in [3.8, 4) is 0 Å². The predicted octanol–water partition coefficient (Wildman–Crippen LogP) is 3.61. The van der Waals surface area contributed by atoms with Gasteiger partial charge in [0.2, 0.25) is 0 Å². The van der Waals surface area contributed by atoms with Crippen molar-refractivity contribution in [1.29, 1.82) is 0 Å². The van der Waals surface area contributed by atoms with Crippen molar-refractivity contribution in [2.45, 2.75) is 0 Å². The molecule has 1 heterocycles. The molecule has 0 bridgehead atoms. The van der Waals surface area contributed by atoms with Gasteiger partial charge in [-0.1, -0.05) is 36.4 Å². The van der Waals surface area contributed by atoms with E-state index in [9.17, 15) is 9.59 Å². The molecule has 0 aliphatic rings. The van der Waals surface area contributed by atoms with Gasteiger partial charge in [-0.3, -0.25) is 0 Å². The van der Waals surface area contributed by atoms with Crippen LogP contribution in [0.5, 0.6) is 0 Å². The molecule has 3 rings (SSSR count). The summed E-state index contributed by atoms with van der Waals surface area (Å²) in [5.41, 5.74) is 1.74. The predicted molar refractivity (Wildman–Crippen MR) is 92.2 cm³/mol. The first kappa shape index (κ1) is 15.3. The summed E-state index contributed by atoms with van der Waals surface area (Å²) in [6.07, 6.45) is 2.83. The van der Waals surface area contributed by atoms with Gasteiger partial charge in [-0.2, -0.15) is 9.78 Å². The molecule has 0 fully saturated rings. The third-order valence-electron chi connectivity index (χ3n) is 3.11. The average molecular weight is 321 g/mol. The summed E-state index contributed by atoms with van der Waals surface area (Å²) in [6.45, 7) is 0. The molecule has 0 atom stereocenters. The van der Waals surface area contributed by atoms with Gasteiger partial charge in [0.1, 0.15) is 0 Å². The molecule has 0 saturated heterocycles. The summed E-state index contributed by atoms with van der Waals surface area (Å²) in [4.78, 5) is 24.0. The number of carbonyl (C=O) groups is 2. The molecule has 0 radical (unpaired) electrons. The van der Waals surface area contributed by atoms with E-state index < -0.39 is 12.1 Å². The fraction of sp³-hybridized carbons (Fsp3) is 0. The Labute approximate surface area is 138 Å². The Balaban J connectivity index is 1.59. The van der Waals surface area contributed by atoms with Gasteiger partial charge >= 0.3 is 12.1 Å². The van der Waals surface area contributed by atoms with Crippen molar-refractivity contribution >= 4 is 29.1 Å². The summed E-state index contributed by atoms with van der Waals surface area (Å²) in [5.74, 6) is 0. The second kappa shape index (κ2) is 7.10. The first-order chi connectivity index (χ1) is 11.7. The Morgan fingerprint density at radius 2 is 1.29 bits per heavy atom. The van der Waals surface area contributed by atoms with Gasteiger partial charge in [-0.15, -0.1) is 0 Å². The van der Waals surface area contributed by atoms with Crippen LogP contribution in [0.1, 0.15) is 0 Å². The van der Waals surface area contributed by atoms with Crippen LogP contribution in [0.4, 0.5) is 26.7 Å². The van der Waals surface area contributed by atoms with Gasteiger partial charge in [0, 0.05) is 11.4 Å². The minimum atomic E-state index is -0.419. The van der Waals surface area contributed by atoms with E-state index in [4.69, 9.17) is 0 Å². The van der Waals surface area contributed by atoms with Crippen LogP contribution in [0.25, 0.3) is 0 Å². The number of carbonyl (C=O) groups excluding carboxylic acids is 2. The Kier molecular flexibility index (Phi) is 4.52. The van der Waals surface area contributed by atoms with Crippen molar-refractivity contribution in [3.63, 3.8) is 0 Å². The molecular formula is C17H15N5O2. The number of para-hydroxylation sites is 2. The van der Waals surface area contributed by atoms with Gasteiger partial charge in [-0.05, 0) is 24.3 Å². The molecule has 0 spiro atoms. The Morgan fingerprint density at radius 1 is 0.750 bits per heavy atom. The molecule has 7 nitrogen and oxygen atoms in total. The molecule has 0 saturated carbocycles. The lowest BCUT2D eigenvalue weighted by molar-refractivity contribution is 0.251. The zero-order valence-corrected chi connectivity index (χ0v) is 12.6. The second-order valence-corrected chi connectivity index (χ2v) is 4.91. The highest BCUT2D eigenvalue weighted by molar-refractivity contribution is 6.00. The van der Waals surface area contributed by atoms with E-state index >= 15 is 0 Å². The summed E-state index contributed by atoms with van der Waals surface area (Å²) < 4.78 is 1.12. The van der Waals surface area contributed by atoms with Crippen LogP contribution in [0.15, 0.2) is 73.1 Å². The molecule has 2 aromatic carbocycles. The first-order valence-electron chi connectivity index (χ1n) is 7.25. The van der Waals surface area contributed by atoms with Gasteiger partial charge in [-0.25, -0.2) is 9.59 Å². The number of nitrogens with one attached hydrogen (secondary N) is 3. The zero-order chi connectivity index (χ0) is 16.8. The van der Waals surface area contributed by atoms with Crippen LogP contribution in [0.3, 0.4) is 0 Å². The quantitative estimate of drug-likeness (QED) is 0.688. The van der Waals surface area contributed by atoms with Crippen LogP contribution in [0, 0.1) is 0 Å². The summed E-state index contributed by atoms with van der Waals surface area (Å²) >= 11 is 0. The van der Waals surface area contributed by atoms with E-state index in [2.05, 4.69) is 21.0 Å². The lowest BCUT2D eigenvalue weighted by Crippen LogP contribution is -2.20. The van der Waals surface area contributed by atoms with Gasteiger partial charge in [0.15, 0.2) is 0 Å². The summed E-state index contributed by atoms with van der Waals surface area (Å²) in [6, 6.07) is 17.3. The lowest BCUT2D eigenvalue weighted by atomic mass is 10.3. The van der Waals surface area contributed by atoms with Crippen molar-refractivity contribution in [2.75, 3.05) is 16.0 Å². The maximum Gasteiger partial charge on any atom is 0.346 e. The number of benzene rings is 2. The Hall–Kier alpha value is -3.61. The minimum absolute atomic E-state index is 0.409. The molecule has 1 aromatic heterocycles. The fourth-order valence-corrected chi connectivity index (χ4v) is 2.02. The standard InChI is InChI=1S/C17H15N5O2/c23-16(19-13-7-3-1-4-8-13)20-15-11-18-22(12-15)17(24)21-14-9-5-2-6-10-14/h1-12H,(H,21,24)(H2,19,20,23). The molecule has 3 amide bonds. The minimum Gasteiger partial charge on any atom is -0.308 e. The second-order valence-electron chi connectivity index (χ2n) is 4.91. The van der Waals surface area contributed by atoms with E-state index in [1.165, 1.54) is 12.4 Å². The molecule has 24 heavy (non-hydrogen) atoms. The highest BCUT2D eigenvalue weighted by Gasteiger charge is 2.09. The number of amides is 3. The van der Waals surface area contributed by atoms with E-state index in [1.807, 2.05) is 36.4 Å². The van der Waals surface area contributed by atoms with E-state index in [0.29, 0.717) is 17.1 Å². The zero-order valence-electron chi connectivity index (χ0n) is 12.6. The molecule has 0 aliphatic heterocycles. The smallest absolute Gasteiger partial charge is 0.308 e. The van der Waals surface area contributed by atoms with Crippen molar-refractivity contribution in [2.24, 2.45) is 0 Å². The van der Waals surface area contributed by atoms with Gasteiger partial charge < -0.3 is 16.0 Å². The maximum atomic E-state index is 12.1. The number of urea groups is 1. The highest BCUT2D eigenvalue weighted by atomic mass is 16.2. The molecule has 3 N–H and O–H groups in total. The average Bonchev–Trinajstić information content (AvgIpc) is 3.05. The number of anilines is 3. The third kappa shape index (κ3) is 3.98. The van der Waals surface area contributed by atoms with Crippen molar-refractivity contribution < 1.29 is 9.59 Å². The first-order valence-corrected chi connectivity index (χ1v) is 7.25. The Morgan fingerprint density at radius 3 is 1.92 bits per heavy atom. The molecule has 7 heteroatoms. The topological polar surface area (TPSA) is 88.1 Å². The number of hydrogen-bond acceptors (Lipinski definition) is 3. The molecular weight excluding hydrogens is 306 g/mol. The maximum absolute atomic E-state index is 12.1. The van der Waals surface area contributed by atoms with Crippen LogP contribution < -0.4 is 16.0 Å². The van der Waals surface area contributed by atoms with Crippen molar-refractivity contribution in [3.05, 3.63) is 73.1 Å². The van der Waals surface area contributed by atoms with Crippen LogP contribution in [-0.2, 0) is 0 Å². The van der Waals surface area contributed by atoms with Crippen molar-refractivity contribution in [1.82, 2.24) is 9.78 Å². The molecule has 120 valence electrons. The highest BCUT2D eigenvalue weighted by Crippen LogP contribution is 2.10. The van der Waals surface area contributed by atoms with E-state index in [1.54, 1.807) is 24.3 Å². The number of hydrogen-bond donors (Lipinski definition) is 3. The van der Waals surface area contributed by atoms with Gasteiger partial charge in [0.25, 0.3) is 0 Å². The fourth-order valence-electron chi connectivity index (χ4n) is 2.02. The summed E-state index contributed by atoms with van der Waals surface area (Å²) in [7, 11) is 0. The summed E-state index contributed by atoms with van der Waals surface area (Å²) in [5, 5.41) is 11.9. The van der Waals surface area contributed by atoms with Crippen LogP contribution in [-0.4, -0.2) is 21.8 Å². The number of nitrogens with zero attached hydrogens (tertiary/aromatic N) is 2. The number of rotatable bonds is 3. The van der Waals surface area contributed by atoms with Crippen LogP contribution in [0.2, 0.25) is 0 Å².